The molecule has 0 aliphatic rings. The van der Waals surface area contributed by atoms with Gasteiger partial charge in [0.05, 0.1) is 10.6 Å². The molecule has 10 nitrogen and oxygen atoms in total. The van der Waals surface area contributed by atoms with Crippen LogP contribution < -0.4 is 5.43 Å². The number of carbonyl (C=O) groups excluding carboxylic acids is 1. The Bertz CT molecular complexity index is 1050. The molecule has 0 saturated heterocycles. The maximum Gasteiger partial charge on any atom is 0.294 e. The normalized spacial score (nSPS) is 11.3. The van der Waals surface area contributed by atoms with Crippen LogP contribution in [0.3, 0.4) is 0 Å². The molecule has 1 heterocycles. The van der Waals surface area contributed by atoms with E-state index >= 15 is 0 Å². The van der Waals surface area contributed by atoms with Gasteiger partial charge in [-0.2, -0.15) is 9.78 Å². The van der Waals surface area contributed by atoms with E-state index in [1.165, 1.54) is 23.7 Å². The number of nitrogens with zero attached hydrogens (tertiary/aromatic N) is 6. The van der Waals surface area contributed by atoms with E-state index in [2.05, 4.69) is 26.1 Å². The van der Waals surface area contributed by atoms with Crippen LogP contribution in [0.4, 0.5) is 11.4 Å². The first kappa shape index (κ1) is 19.2. The maximum atomic E-state index is 12.0. The summed E-state index contributed by atoms with van der Waals surface area (Å²) < 4.78 is 1.48. The van der Waals surface area contributed by atoms with Crippen LogP contribution in [0.2, 0.25) is 0 Å². The smallest absolute Gasteiger partial charge is 0.292 e. The molecule has 0 unspecified atom stereocenters. The lowest BCUT2D eigenvalue weighted by Crippen LogP contribution is -2.10. The molecule has 0 spiro atoms. The average molecular weight is 397 g/mol. The molecule has 1 N–H and O–H groups in total. The third-order valence-corrected chi connectivity index (χ3v) is 4.60. The van der Waals surface area contributed by atoms with Crippen molar-refractivity contribution in [3.8, 4) is 5.69 Å². The van der Waals surface area contributed by atoms with E-state index in [0.717, 1.165) is 23.0 Å². The Morgan fingerprint density at radius 2 is 1.93 bits per heavy atom. The van der Waals surface area contributed by atoms with E-state index in [1.807, 2.05) is 31.2 Å². The molecule has 28 heavy (non-hydrogen) atoms. The van der Waals surface area contributed by atoms with E-state index in [0.29, 0.717) is 5.16 Å². The zero-order valence-electron chi connectivity index (χ0n) is 14.9. The Labute approximate surface area is 163 Å². The van der Waals surface area contributed by atoms with Crippen molar-refractivity contribution in [3.63, 3.8) is 0 Å². The molecule has 0 aliphatic carbocycles. The highest BCUT2D eigenvalue weighted by molar-refractivity contribution is 8.15. The molecular weight excluding hydrogens is 382 g/mol. The van der Waals surface area contributed by atoms with Crippen LogP contribution in [0, 0.1) is 17.0 Å². The molecule has 3 aromatic rings. The van der Waals surface area contributed by atoms with Gasteiger partial charge in [-0.15, -0.1) is 5.10 Å². The van der Waals surface area contributed by atoms with Gasteiger partial charge in [-0.25, -0.2) is 0 Å². The summed E-state index contributed by atoms with van der Waals surface area (Å²) in [6, 6.07) is 13.6. The third-order valence-electron chi connectivity index (χ3n) is 3.59. The van der Waals surface area contributed by atoms with Crippen LogP contribution in [0.5, 0.6) is 0 Å². The Balaban J connectivity index is 1.86. The number of carbonyl (C=O) groups is 1. The number of Topliss-reactive ketones (excluding diaryl/α,β-unsaturated/α-hetero) is 1. The van der Waals surface area contributed by atoms with Crippen molar-refractivity contribution >= 4 is 34.0 Å². The minimum Gasteiger partial charge on any atom is -0.292 e. The number of ketones is 1. The van der Waals surface area contributed by atoms with Gasteiger partial charge in [0.25, 0.3) is 5.69 Å². The van der Waals surface area contributed by atoms with Crippen LogP contribution in [-0.4, -0.2) is 36.0 Å². The zero-order valence-corrected chi connectivity index (χ0v) is 15.8. The monoisotopic (exact) mass is 397 g/mol. The molecule has 0 fully saturated rings. The van der Waals surface area contributed by atoms with Crippen molar-refractivity contribution in [1.82, 2.24) is 20.2 Å². The molecule has 0 radical (unpaired) electrons. The number of anilines is 1. The predicted octanol–water partition coefficient (Wildman–Crippen LogP) is 2.99. The molecule has 2 aromatic carbocycles. The zero-order chi connectivity index (χ0) is 20.1. The van der Waals surface area contributed by atoms with Crippen molar-refractivity contribution in [2.45, 2.75) is 19.0 Å². The SMILES string of the molecule is CC(=O)C(=NNc1ccccc1[N+](=O)[O-])Sc1nnnn1-c1ccc(C)cc1. The standard InChI is InChI=1S/C17H15N7O3S/c1-11-7-9-13(10-8-11)23-17(20-21-22-23)28-16(12(2)25)19-18-14-5-3-4-6-15(14)24(26)27/h3-10,18H,1-2H3. The lowest BCUT2D eigenvalue weighted by Gasteiger charge is -2.06. The maximum absolute atomic E-state index is 12.0. The number of rotatable bonds is 6. The van der Waals surface area contributed by atoms with Crippen molar-refractivity contribution in [1.29, 1.82) is 0 Å². The van der Waals surface area contributed by atoms with Gasteiger partial charge in [-0.1, -0.05) is 29.8 Å². The highest BCUT2D eigenvalue weighted by Crippen LogP contribution is 2.25. The van der Waals surface area contributed by atoms with Crippen molar-refractivity contribution in [3.05, 3.63) is 64.2 Å². The number of benzene rings is 2. The molecular formula is C17H15N7O3S. The Morgan fingerprint density at radius 3 is 2.61 bits per heavy atom. The highest BCUT2D eigenvalue weighted by Gasteiger charge is 2.17. The minimum atomic E-state index is -0.531. The van der Waals surface area contributed by atoms with Gasteiger partial charge in [0.15, 0.2) is 10.8 Å². The lowest BCUT2D eigenvalue weighted by atomic mass is 10.2. The first-order chi connectivity index (χ1) is 13.5. The summed E-state index contributed by atoms with van der Waals surface area (Å²) in [7, 11) is 0. The summed E-state index contributed by atoms with van der Waals surface area (Å²) in [5.41, 5.74) is 4.42. The molecule has 3 rings (SSSR count). The van der Waals surface area contributed by atoms with E-state index in [4.69, 9.17) is 0 Å². The van der Waals surface area contributed by atoms with E-state index in [1.54, 1.807) is 12.1 Å². The lowest BCUT2D eigenvalue weighted by molar-refractivity contribution is -0.384. The largest absolute Gasteiger partial charge is 0.294 e. The number of nitro groups is 1. The summed E-state index contributed by atoms with van der Waals surface area (Å²) in [4.78, 5) is 22.6. The van der Waals surface area contributed by atoms with Gasteiger partial charge in [-0.3, -0.25) is 20.3 Å². The van der Waals surface area contributed by atoms with E-state index in [9.17, 15) is 14.9 Å². The summed E-state index contributed by atoms with van der Waals surface area (Å²) in [5.74, 6) is -0.338. The van der Waals surface area contributed by atoms with Crippen molar-refractivity contribution < 1.29 is 9.72 Å². The van der Waals surface area contributed by atoms with Gasteiger partial charge in [0.1, 0.15) is 5.69 Å². The van der Waals surface area contributed by atoms with Gasteiger partial charge >= 0.3 is 0 Å². The predicted molar refractivity (Wildman–Crippen MR) is 105 cm³/mol. The van der Waals surface area contributed by atoms with Crippen molar-refractivity contribution in [2.24, 2.45) is 5.10 Å². The Hall–Kier alpha value is -3.60. The molecule has 0 bridgehead atoms. The Kier molecular flexibility index (Phi) is 5.75. The number of nitrogens with one attached hydrogen (secondary N) is 1. The summed E-state index contributed by atoms with van der Waals surface area (Å²) >= 11 is 0.958. The average Bonchev–Trinajstić information content (AvgIpc) is 3.13. The third kappa shape index (κ3) is 4.38. The second kappa shape index (κ2) is 8.39. The summed E-state index contributed by atoms with van der Waals surface area (Å²) in [5, 5.41) is 27.0. The first-order valence-corrected chi connectivity index (χ1v) is 8.88. The molecule has 11 heteroatoms. The van der Waals surface area contributed by atoms with Crippen LogP contribution >= 0.6 is 11.8 Å². The molecule has 0 saturated carbocycles. The van der Waals surface area contributed by atoms with Crippen LogP contribution in [0.1, 0.15) is 12.5 Å². The van der Waals surface area contributed by atoms with Gasteiger partial charge in [-0.05, 0) is 47.3 Å². The van der Waals surface area contributed by atoms with E-state index in [-0.39, 0.29) is 22.2 Å². The fourth-order valence-electron chi connectivity index (χ4n) is 2.19. The molecule has 0 aliphatic heterocycles. The molecule has 142 valence electrons. The second-order valence-corrected chi connectivity index (χ2v) is 6.63. The number of nitro benzene ring substituents is 1. The second-order valence-electron chi connectivity index (χ2n) is 5.67. The van der Waals surface area contributed by atoms with Crippen LogP contribution in [0.15, 0.2) is 58.8 Å². The van der Waals surface area contributed by atoms with Crippen molar-refractivity contribution in [2.75, 3.05) is 5.43 Å². The van der Waals surface area contributed by atoms with Gasteiger partial charge in [0.2, 0.25) is 5.16 Å². The molecule has 1 aromatic heterocycles. The topological polar surface area (TPSA) is 128 Å². The number of hydrogen-bond donors (Lipinski definition) is 1. The number of hydrogen-bond acceptors (Lipinski definition) is 9. The number of aryl methyl sites for hydroxylation is 1. The van der Waals surface area contributed by atoms with E-state index < -0.39 is 4.92 Å². The Morgan fingerprint density at radius 1 is 1.21 bits per heavy atom. The first-order valence-electron chi connectivity index (χ1n) is 8.07. The van der Waals surface area contributed by atoms with Crippen LogP contribution in [0.25, 0.3) is 5.69 Å². The summed E-state index contributed by atoms with van der Waals surface area (Å²) in [6.45, 7) is 3.31. The number of hydrazone groups is 1. The fourth-order valence-corrected chi connectivity index (χ4v) is 2.90. The number of aromatic nitrogens is 4. The fraction of sp³-hybridized carbons (Fsp3) is 0.118. The quantitative estimate of drug-likeness (QED) is 0.221. The minimum absolute atomic E-state index is 0.0568. The summed E-state index contributed by atoms with van der Waals surface area (Å²) in [6.07, 6.45) is 0. The van der Waals surface area contributed by atoms with Gasteiger partial charge < -0.3 is 0 Å². The number of para-hydroxylation sites is 2. The number of thioether (sulfide) groups is 1. The molecule has 0 amide bonds. The molecule has 0 atom stereocenters. The van der Waals surface area contributed by atoms with Gasteiger partial charge in [0, 0.05) is 13.0 Å². The number of tetrazole rings is 1. The highest BCUT2D eigenvalue weighted by atomic mass is 32.2. The van der Waals surface area contributed by atoms with Crippen LogP contribution in [-0.2, 0) is 4.79 Å².